The Morgan fingerprint density at radius 3 is 0.872 bits per heavy atom. The van der Waals surface area contributed by atoms with Crippen molar-refractivity contribution in [3.05, 3.63) is 69.8 Å². The van der Waals surface area contributed by atoms with Crippen LogP contribution >= 0.6 is 0 Å². The molecular weight excluding hydrogens is 566 g/mol. The first-order chi connectivity index (χ1) is 15.0. The topological polar surface area (TPSA) is 338 Å². The maximum Gasteiger partial charge on any atom is 0.411 e. The summed E-state index contributed by atoms with van der Waals surface area (Å²) in [4.78, 5) is 45.0. The molecule has 2 aromatic rings. The van der Waals surface area contributed by atoms with Crippen LogP contribution in [0.15, 0.2) is 36.4 Å². The van der Waals surface area contributed by atoms with Crippen molar-refractivity contribution in [1.29, 1.82) is 0 Å². The zero-order chi connectivity index (χ0) is 25.5. The van der Waals surface area contributed by atoms with E-state index in [1.165, 1.54) is 0 Å². The van der Waals surface area contributed by atoms with Crippen molar-refractivity contribution in [3.8, 4) is 0 Å². The third kappa shape index (κ3) is 7.37. The van der Waals surface area contributed by atoms with E-state index in [1.54, 1.807) is 0 Å². The minimum Gasteiger partial charge on any atom is -0.478 e. The molecule has 0 radical (unpaired) electrons. The number of carbonyl (C=O) groups is 4. The lowest BCUT2D eigenvalue weighted by atomic mass is 9.71. The maximum atomic E-state index is 14.2. The van der Waals surface area contributed by atoms with Crippen LogP contribution in [0.2, 0.25) is 0 Å². The SMILES string of the molecule is O.O.O.O.O.O.O=C(O)c1ccc(C(c2ccc(C(=O)O)c(C(=O)O)c2)(C(F)(F)F)C(F)(F)F)cc1C(=O)O. The van der Waals surface area contributed by atoms with E-state index in [2.05, 4.69) is 0 Å². The minimum absolute atomic E-state index is 0. The zero-order valence-corrected chi connectivity index (χ0v) is 18.7. The van der Waals surface area contributed by atoms with E-state index in [0.29, 0.717) is 0 Å². The van der Waals surface area contributed by atoms with Crippen LogP contribution in [0.5, 0.6) is 0 Å². The van der Waals surface area contributed by atoms with E-state index < -0.39 is 75.0 Å². The molecule has 0 aliphatic heterocycles. The molecule has 14 nitrogen and oxygen atoms in total. The second-order valence-corrected chi connectivity index (χ2v) is 6.49. The summed E-state index contributed by atoms with van der Waals surface area (Å²) in [5, 5.41) is 36.2. The lowest BCUT2D eigenvalue weighted by Gasteiger charge is -2.38. The molecule has 16 N–H and O–H groups in total. The average molecular weight is 588 g/mol. The van der Waals surface area contributed by atoms with Crippen LogP contribution in [-0.2, 0) is 5.41 Å². The molecule has 0 spiro atoms. The van der Waals surface area contributed by atoms with Gasteiger partial charge in [-0.1, -0.05) is 12.1 Å². The van der Waals surface area contributed by atoms with Crippen molar-refractivity contribution < 1.29 is 98.8 Å². The summed E-state index contributed by atoms with van der Waals surface area (Å²) in [6.07, 6.45) is -12.5. The number of hydrogen-bond donors (Lipinski definition) is 4. The van der Waals surface area contributed by atoms with E-state index in [4.69, 9.17) is 20.4 Å². The Labute approximate surface area is 211 Å². The Balaban J connectivity index is -0.000000642. The quantitative estimate of drug-likeness (QED) is 0.300. The van der Waals surface area contributed by atoms with Crippen LogP contribution in [0.4, 0.5) is 26.3 Å². The molecule has 2 aromatic carbocycles. The van der Waals surface area contributed by atoms with Crippen LogP contribution in [-0.4, -0.2) is 89.5 Å². The van der Waals surface area contributed by atoms with Gasteiger partial charge in [-0.15, -0.1) is 0 Å². The van der Waals surface area contributed by atoms with Crippen molar-refractivity contribution in [3.63, 3.8) is 0 Å². The summed E-state index contributed by atoms with van der Waals surface area (Å²) in [7, 11) is 0. The molecule has 0 aliphatic rings. The van der Waals surface area contributed by atoms with Gasteiger partial charge in [-0.05, 0) is 35.4 Å². The summed E-state index contributed by atoms with van der Waals surface area (Å²) in [5.41, 5.74) is -13.6. The second kappa shape index (κ2) is 14.6. The molecule has 0 saturated carbocycles. The number of rotatable bonds is 6. The lowest BCUT2D eigenvalue weighted by Crippen LogP contribution is -2.55. The molecule has 0 aliphatic carbocycles. The summed E-state index contributed by atoms with van der Waals surface area (Å²) in [6.45, 7) is 0. The highest BCUT2D eigenvalue weighted by atomic mass is 19.4. The summed E-state index contributed by atoms with van der Waals surface area (Å²) >= 11 is 0. The number of aromatic carboxylic acids is 4. The van der Waals surface area contributed by atoms with Gasteiger partial charge in [-0.3, -0.25) is 0 Å². The van der Waals surface area contributed by atoms with Crippen LogP contribution in [0.25, 0.3) is 0 Å². The Bertz CT molecular complexity index is 1080. The fraction of sp³-hybridized carbons (Fsp3) is 0.158. The van der Waals surface area contributed by atoms with E-state index in [0.717, 1.165) is 0 Å². The summed E-state index contributed by atoms with van der Waals surface area (Å²) in [5.74, 6) is -8.16. The van der Waals surface area contributed by atoms with Crippen LogP contribution < -0.4 is 0 Å². The Kier molecular flexibility index (Phi) is 16.7. The molecule has 39 heavy (non-hydrogen) atoms. The monoisotopic (exact) mass is 588 g/mol. The van der Waals surface area contributed by atoms with E-state index >= 15 is 0 Å². The van der Waals surface area contributed by atoms with Crippen molar-refractivity contribution in [2.75, 3.05) is 0 Å². The normalized spacial score (nSPS) is 10.4. The maximum absolute atomic E-state index is 14.2. The molecule has 0 saturated heterocycles. The molecule has 0 fully saturated rings. The van der Waals surface area contributed by atoms with Gasteiger partial charge in [0.25, 0.3) is 0 Å². The smallest absolute Gasteiger partial charge is 0.411 e. The first kappa shape index (κ1) is 44.6. The molecule has 0 atom stereocenters. The van der Waals surface area contributed by atoms with Crippen LogP contribution in [0, 0.1) is 0 Å². The second-order valence-electron chi connectivity index (χ2n) is 6.49. The number of carboxylic acid groups (broad SMARTS) is 4. The van der Waals surface area contributed by atoms with Crippen LogP contribution in [0.1, 0.15) is 52.6 Å². The highest BCUT2D eigenvalue weighted by Gasteiger charge is 2.72. The molecule has 0 bridgehead atoms. The van der Waals surface area contributed by atoms with Gasteiger partial charge in [-0.2, -0.15) is 26.3 Å². The van der Waals surface area contributed by atoms with E-state index in [1.807, 2.05) is 0 Å². The first-order valence-corrected chi connectivity index (χ1v) is 8.32. The fourth-order valence-electron chi connectivity index (χ4n) is 3.26. The number of alkyl halides is 6. The Hall–Kier alpha value is -4.34. The van der Waals surface area contributed by atoms with Gasteiger partial charge in [0.05, 0.1) is 22.3 Å². The van der Waals surface area contributed by atoms with Gasteiger partial charge in [0, 0.05) is 0 Å². The van der Waals surface area contributed by atoms with Gasteiger partial charge in [0.1, 0.15) is 0 Å². The molecule has 0 amide bonds. The van der Waals surface area contributed by atoms with Crippen molar-refractivity contribution >= 4 is 23.9 Å². The molecule has 0 unspecified atom stereocenters. The Morgan fingerprint density at radius 1 is 0.462 bits per heavy atom. The highest BCUT2D eigenvalue weighted by Crippen LogP contribution is 2.56. The molecule has 2 rings (SSSR count). The molecule has 224 valence electrons. The van der Waals surface area contributed by atoms with Gasteiger partial charge in [0.2, 0.25) is 5.41 Å². The van der Waals surface area contributed by atoms with Gasteiger partial charge >= 0.3 is 36.2 Å². The molecule has 0 heterocycles. The molecule has 0 aromatic heterocycles. The number of hydrogen-bond acceptors (Lipinski definition) is 4. The number of carboxylic acids is 4. The average Bonchev–Trinajstić information content (AvgIpc) is 2.65. The third-order valence-corrected chi connectivity index (χ3v) is 4.68. The van der Waals surface area contributed by atoms with E-state index in [9.17, 15) is 45.5 Å². The number of halogens is 6. The van der Waals surface area contributed by atoms with Crippen molar-refractivity contribution in [2.24, 2.45) is 0 Å². The first-order valence-electron chi connectivity index (χ1n) is 8.32. The van der Waals surface area contributed by atoms with Gasteiger partial charge < -0.3 is 53.3 Å². The van der Waals surface area contributed by atoms with Gasteiger partial charge in [-0.25, -0.2) is 19.2 Å². The van der Waals surface area contributed by atoms with Crippen LogP contribution in [0.3, 0.4) is 0 Å². The molecular formula is C19H22F6O14. The van der Waals surface area contributed by atoms with Gasteiger partial charge in [0.15, 0.2) is 0 Å². The lowest BCUT2D eigenvalue weighted by molar-refractivity contribution is -0.288. The minimum atomic E-state index is -6.27. The summed E-state index contributed by atoms with van der Waals surface area (Å²) in [6, 6.07) is 0.412. The van der Waals surface area contributed by atoms with Crippen molar-refractivity contribution in [1.82, 2.24) is 0 Å². The Morgan fingerprint density at radius 2 is 0.692 bits per heavy atom. The predicted octanol–water partition coefficient (Wildman–Crippen LogP) is -1.06. The molecule has 20 heteroatoms. The number of benzene rings is 2. The van der Waals surface area contributed by atoms with E-state index in [-0.39, 0.29) is 69.3 Å². The predicted molar refractivity (Wildman–Crippen MR) is 115 cm³/mol. The fourth-order valence-corrected chi connectivity index (χ4v) is 3.26. The largest absolute Gasteiger partial charge is 0.478 e. The van der Waals surface area contributed by atoms with Crippen molar-refractivity contribution in [2.45, 2.75) is 17.8 Å². The third-order valence-electron chi connectivity index (χ3n) is 4.68. The zero-order valence-electron chi connectivity index (χ0n) is 18.7. The standard InChI is InChI=1S/C19H10F6O8.6H2O/c20-18(21,22)17(19(23,24)25,7-1-3-9(13(26)27)11(5-7)15(30)31)8-2-4-10(14(28)29)12(6-8)16(32)33;;;;;;/h1-6H,(H,26,27)(H,28,29)(H,30,31)(H,32,33);6*1H2. The highest BCUT2D eigenvalue weighted by molar-refractivity contribution is 6.02. The summed E-state index contributed by atoms with van der Waals surface area (Å²) < 4.78 is 85.1.